The summed E-state index contributed by atoms with van der Waals surface area (Å²) in [5, 5.41) is 4.65. The van der Waals surface area contributed by atoms with Crippen LogP contribution in [0.4, 0.5) is 5.82 Å². The van der Waals surface area contributed by atoms with E-state index in [1.54, 1.807) is 6.20 Å². The Morgan fingerprint density at radius 3 is 3.06 bits per heavy atom. The molecular weight excluding hydrogens is 396 g/mol. The van der Waals surface area contributed by atoms with E-state index in [1.807, 2.05) is 29.3 Å². The number of hydrogen-bond acceptors (Lipinski definition) is 6. The Hall–Kier alpha value is -3.13. The van der Waals surface area contributed by atoms with Crippen molar-refractivity contribution in [2.75, 3.05) is 5.32 Å². The number of amides is 2. The zero-order valence-electron chi connectivity index (χ0n) is 17.5. The summed E-state index contributed by atoms with van der Waals surface area (Å²) in [6.07, 6.45) is 7.35. The van der Waals surface area contributed by atoms with E-state index in [0.29, 0.717) is 36.6 Å². The van der Waals surface area contributed by atoms with Crippen LogP contribution in [0.1, 0.15) is 62.6 Å². The van der Waals surface area contributed by atoms with E-state index >= 15 is 0 Å². The molecule has 0 aliphatic carbocycles. The minimum atomic E-state index is -0.145. The van der Waals surface area contributed by atoms with Crippen molar-refractivity contribution in [2.45, 2.75) is 64.1 Å². The average Bonchev–Trinajstić information content (AvgIpc) is 3.27. The maximum atomic E-state index is 12.2. The summed E-state index contributed by atoms with van der Waals surface area (Å²) in [4.78, 5) is 28.1. The van der Waals surface area contributed by atoms with Gasteiger partial charge in [0.15, 0.2) is 6.23 Å². The molecule has 5 rings (SSSR count). The Kier molecular flexibility index (Phi) is 5.23. The number of fused-ring (bicyclic) bond motifs is 4. The fraction of sp³-hybridized carbons (Fsp3) is 0.435. The van der Waals surface area contributed by atoms with Gasteiger partial charge in [0.25, 0.3) is 0 Å². The summed E-state index contributed by atoms with van der Waals surface area (Å²) >= 11 is 0. The second-order valence-electron chi connectivity index (χ2n) is 8.19. The van der Waals surface area contributed by atoms with Crippen molar-refractivity contribution in [3.8, 4) is 17.2 Å². The lowest BCUT2D eigenvalue weighted by atomic mass is 10.1. The number of carbonyl (C=O) groups is 2. The molecule has 3 aliphatic heterocycles. The predicted molar refractivity (Wildman–Crippen MR) is 114 cm³/mol. The van der Waals surface area contributed by atoms with Gasteiger partial charge in [0.2, 0.25) is 11.8 Å². The van der Waals surface area contributed by atoms with Crippen LogP contribution in [-0.2, 0) is 16.0 Å². The topological polar surface area (TPSA) is 92.6 Å². The third-order valence-corrected chi connectivity index (χ3v) is 5.91. The second-order valence-corrected chi connectivity index (χ2v) is 8.19. The number of hydrogen-bond donors (Lipinski definition) is 2. The molecule has 2 aromatic rings. The zero-order chi connectivity index (χ0) is 21.4. The molecule has 0 spiro atoms. The number of hydrazine groups is 1. The number of anilines is 1. The van der Waals surface area contributed by atoms with Gasteiger partial charge in [-0.3, -0.25) is 15.0 Å². The summed E-state index contributed by atoms with van der Waals surface area (Å²) < 4.78 is 12.1. The van der Waals surface area contributed by atoms with Crippen LogP contribution in [0.3, 0.4) is 0 Å². The molecule has 1 aromatic heterocycles. The molecular formula is C23H26N4O4. The molecule has 8 heteroatoms. The predicted octanol–water partition coefficient (Wildman–Crippen LogP) is 3.84. The third kappa shape index (κ3) is 3.95. The Labute approximate surface area is 180 Å². The van der Waals surface area contributed by atoms with E-state index in [9.17, 15) is 9.59 Å². The number of nitrogens with one attached hydrogen (secondary N) is 2. The normalized spacial score (nSPS) is 22.5. The van der Waals surface area contributed by atoms with E-state index in [-0.39, 0.29) is 24.1 Å². The Morgan fingerprint density at radius 1 is 1.29 bits per heavy atom. The van der Waals surface area contributed by atoms with E-state index in [0.717, 1.165) is 42.6 Å². The molecule has 3 unspecified atom stereocenters. The fourth-order valence-electron chi connectivity index (χ4n) is 4.22. The van der Waals surface area contributed by atoms with Gasteiger partial charge < -0.3 is 14.8 Å². The summed E-state index contributed by atoms with van der Waals surface area (Å²) in [7, 11) is 0. The standard InChI is InChI=1S/C23H26N4O4/c1-2-3-4-5-6-20(29)26-27-21-16-13-14(7-9-17(16)31-23(21)27)30-18-11-12-24-22-15(18)8-10-19(28)25-22/h7,9,11-13,21,23H,2-6,8,10H2,1H3,(H,26,29)(H,24,25,28). The van der Waals surface area contributed by atoms with Gasteiger partial charge in [0, 0.05) is 30.2 Å². The number of pyridine rings is 1. The van der Waals surface area contributed by atoms with Crippen molar-refractivity contribution in [3.63, 3.8) is 0 Å². The number of rotatable bonds is 8. The first-order valence-electron chi connectivity index (χ1n) is 11.0. The van der Waals surface area contributed by atoms with E-state index in [1.165, 1.54) is 0 Å². The minimum Gasteiger partial charge on any atom is -0.471 e. The van der Waals surface area contributed by atoms with Crippen molar-refractivity contribution in [1.29, 1.82) is 0 Å². The lowest BCUT2D eigenvalue weighted by Gasteiger charge is -2.19. The Balaban J connectivity index is 1.24. The molecule has 8 nitrogen and oxygen atoms in total. The average molecular weight is 422 g/mol. The lowest BCUT2D eigenvalue weighted by molar-refractivity contribution is -0.124. The van der Waals surface area contributed by atoms with Crippen LogP contribution < -0.4 is 20.2 Å². The van der Waals surface area contributed by atoms with Crippen LogP contribution in [-0.4, -0.2) is 28.0 Å². The lowest BCUT2D eigenvalue weighted by Crippen LogP contribution is -2.32. The Morgan fingerprint density at radius 2 is 2.19 bits per heavy atom. The minimum absolute atomic E-state index is 0.0174. The molecule has 2 N–H and O–H groups in total. The quantitative estimate of drug-likeness (QED) is 0.496. The van der Waals surface area contributed by atoms with E-state index < -0.39 is 0 Å². The first-order valence-corrected chi connectivity index (χ1v) is 11.0. The van der Waals surface area contributed by atoms with Crippen LogP contribution in [0.2, 0.25) is 0 Å². The first-order chi connectivity index (χ1) is 15.1. The molecule has 4 heterocycles. The third-order valence-electron chi connectivity index (χ3n) is 5.91. The molecule has 1 saturated heterocycles. The molecule has 162 valence electrons. The number of aromatic nitrogens is 1. The van der Waals surface area contributed by atoms with Gasteiger partial charge in [-0.25, -0.2) is 4.98 Å². The molecule has 2 amide bonds. The fourth-order valence-corrected chi connectivity index (χ4v) is 4.22. The van der Waals surface area contributed by atoms with Crippen LogP contribution >= 0.6 is 0 Å². The summed E-state index contributed by atoms with van der Waals surface area (Å²) in [6.45, 7) is 2.16. The van der Waals surface area contributed by atoms with E-state index in [4.69, 9.17) is 9.47 Å². The van der Waals surface area contributed by atoms with Crippen LogP contribution in [0.5, 0.6) is 17.2 Å². The first kappa shape index (κ1) is 19.8. The van der Waals surface area contributed by atoms with Crippen molar-refractivity contribution in [2.24, 2.45) is 0 Å². The maximum Gasteiger partial charge on any atom is 0.234 e. The van der Waals surface area contributed by atoms with Crippen molar-refractivity contribution >= 4 is 17.6 Å². The van der Waals surface area contributed by atoms with Gasteiger partial charge in [-0.2, -0.15) is 5.01 Å². The Bertz CT molecular complexity index is 1020. The van der Waals surface area contributed by atoms with Crippen molar-refractivity contribution in [1.82, 2.24) is 15.4 Å². The smallest absolute Gasteiger partial charge is 0.234 e. The monoisotopic (exact) mass is 422 g/mol. The van der Waals surface area contributed by atoms with Crippen LogP contribution in [0.15, 0.2) is 30.5 Å². The highest BCUT2D eigenvalue weighted by Crippen LogP contribution is 2.53. The molecule has 1 aromatic carbocycles. The zero-order valence-corrected chi connectivity index (χ0v) is 17.5. The number of nitrogens with zero attached hydrogens (tertiary/aromatic N) is 2. The second kappa shape index (κ2) is 8.19. The van der Waals surface area contributed by atoms with Crippen LogP contribution in [0, 0.1) is 0 Å². The summed E-state index contributed by atoms with van der Waals surface area (Å²) in [5.41, 5.74) is 4.88. The van der Waals surface area contributed by atoms with E-state index in [2.05, 4.69) is 22.7 Å². The number of ether oxygens (including phenoxy) is 2. The molecule has 3 atom stereocenters. The van der Waals surface area contributed by atoms with Gasteiger partial charge in [0.1, 0.15) is 29.1 Å². The molecule has 0 radical (unpaired) electrons. The van der Waals surface area contributed by atoms with Gasteiger partial charge >= 0.3 is 0 Å². The highest BCUT2D eigenvalue weighted by molar-refractivity contribution is 5.93. The molecule has 0 saturated carbocycles. The number of benzene rings is 1. The number of carbonyl (C=O) groups excluding carboxylic acids is 2. The van der Waals surface area contributed by atoms with Crippen molar-refractivity contribution < 1.29 is 19.1 Å². The molecule has 1 fully saturated rings. The SMILES string of the molecule is CCCCCCC(=O)NN1C2Oc3ccc(Oc4ccnc5c4CCC(=O)N5)cc3C21. The molecule has 31 heavy (non-hydrogen) atoms. The van der Waals surface area contributed by atoms with Gasteiger partial charge in [-0.1, -0.05) is 26.2 Å². The van der Waals surface area contributed by atoms with Crippen LogP contribution in [0.25, 0.3) is 0 Å². The van der Waals surface area contributed by atoms with Gasteiger partial charge in [-0.15, -0.1) is 0 Å². The highest BCUT2D eigenvalue weighted by atomic mass is 16.5. The van der Waals surface area contributed by atoms with Gasteiger partial charge in [0.05, 0.1) is 0 Å². The maximum absolute atomic E-state index is 12.2. The largest absolute Gasteiger partial charge is 0.471 e. The van der Waals surface area contributed by atoms with Gasteiger partial charge in [-0.05, 0) is 37.1 Å². The van der Waals surface area contributed by atoms with Crippen molar-refractivity contribution in [3.05, 3.63) is 41.6 Å². The summed E-state index contributed by atoms with van der Waals surface area (Å²) in [5.74, 6) is 2.76. The summed E-state index contributed by atoms with van der Waals surface area (Å²) in [6, 6.07) is 7.56. The molecule has 0 bridgehead atoms. The highest BCUT2D eigenvalue weighted by Gasteiger charge is 2.58. The molecule has 3 aliphatic rings. The number of unbranched alkanes of at least 4 members (excludes halogenated alkanes) is 3.